The third-order valence-corrected chi connectivity index (χ3v) is 2.53. The molecule has 4 heteroatoms. The molecule has 0 spiro atoms. The van der Waals surface area contributed by atoms with Gasteiger partial charge in [-0.2, -0.15) is 0 Å². The second-order valence-corrected chi connectivity index (χ2v) is 3.65. The second-order valence-electron chi connectivity index (χ2n) is 3.65. The molecule has 0 aromatic carbocycles. The zero-order valence-electron chi connectivity index (χ0n) is 10.2. The molecule has 16 heavy (non-hydrogen) atoms. The third-order valence-electron chi connectivity index (χ3n) is 2.53. The van der Waals surface area contributed by atoms with Crippen molar-refractivity contribution in [2.45, 2.75) is 20.8 Å². The smallest absolute Gasteiger partial charge is 0.176 e. The van der Waals surface area contributed by atoms with Gasteiger partial charge < -0.3 is 10.6 Å². The number of hydrogen-bond acceptors (Lipinski definition) is 4. The number of pyridine rings is 1. The van der Waals surface area contributed by atoms with Crippen LogP contribution >= 0.6 is 0 Å². The molecule has 0 aliphatic carbocycles. The molecule has 1 aromatic heterocycles. The van der Waals surface area contributed by atoms with Crippen molar-refractivity contribution in [1.82, 2.24) is 4.98 Å². The summed E-state index contributed by atoms with van der Waals surface area (Å²) in [5.74, 6) is 0.806. The van der Waals surface area contributed by atoms with Gasteiger partial charge in [0.2, 0.25) is 0 Å². The molecule has 0 unspecified atom stereocenters. The van der Waals surface area contributed by atoms with E-state index in [0.717, 1.165) is 24.6 Å². The Morgan fingerprint density at radius 1 is 1.38 bits per heavy atom. The molecule has 0 bridgehead atoms. The van der Waals surface area contributed by atoms with Crippen LogP contribution < -0.4 is 10.6 Å². The second kappa shape index (κ2) is 5.61. The number of rotatable bonds is 5. The summed E-state index contributed by atoms with van der Waals surface area (Å²) < 4.78 is 0. The van der Waals surface area contributed by atoms with Crippen LogP contribution in [0.5, 0.6) is 0 Å². The molecular weight excluding hydrogens is 202 g/mol. The molecule has 0 atom stereocenters. The van der Waals surface area contributed by atoms with Crippen molar-refractivity contribution in [3.8, 4) is 0 Å². The van der Waals surface area contributed by atoms with Crippen LogP contribution in [0.2, 0.25) is 0 Å². The quantitative estimate of drug-likeness (QED) is 0.763. The summed E-state index contributed by atoms with van der Waals surface area (Å²) in [5.41, 5.74) is 6.86. The van der Waals surface area contributed by atoms with Crippen molar-refractivity contribution in [3.05, 3.63) is 23.4 Å². The Balaban J connectivity index is 3.11. The van der Waals surface area contributed by atoms with Gasteiger partial charge >= 0.3 is 0 Å². The van der Waals surface area contributed by atoms with E-state index in [0.29, 0.717) is 5.56 Å². The van der Waals surface area contributed by atoms with Gasteiger partial charge in [-0.25, -0.2) is 4.98 Å². The molecule has 0 saturated carbocycles. The van der Waals surface area contributed by atoms with Gasteiger partial charge in [-0.1, -0.05) is 0 Å². The van der Waals surface area contributed by atoms with Crippen molar-refractivity contribution < 1.29 is 4.79 Å². The topological polar surface area (TPSA) is 59.2 Å². The number of nitrogens with two attached hydrogens (primary N) is 1. The van der Waals surface area contributed by atoms with E-state index in [1.807, 2.05) is 13.0 Å². The molecule has 0 saturated heterocycles. The first-order chi connectivity index (χ1) is 7.62. The van der Waals surface area contributed by atoms with Gasteiger partial charge in [-0.15, -0.1) is 0 Å². The van der Waals surface area contributed by atoms with Crippen molar-refractivity contribution in [2.24, 2.45) is 5.73 Å². The minimum Gasteiger partial charge on any atom is -0.357 e. The van der Waals surface area contributed by atoms with Crippen LogP contribution in [-0.4, -0.2) is 30.4 Å². The number of aryl methyl sites for hydroxylation is 1. The lowest BCUT2D eigenvalue weighted by molar-refractivity contribution is 0.100. The molecule has 1 heterocycles. The molecular formula is C12H19N3O. The molecule has 0 amide bonds. The average molecular weight is 221 g/mol. The van der Waals surface area contributed by atoms with E-state index in [2.05, 4.69) is 23.7 Å². The Morgan fingerprint density at radius 2 is 2.00 bits per heavy atom. The Labute approximate surface area is 96.5 Å². The lowest BCUT2D eigenvalue weighted by atomic mass is 10.1. The van der Waals surface area contributed by atoms with E-state index in [4.69, 9.17) is 5.73 Å². The summed E-state index contributed by atoms with van der Waals surface area (Å²) >= 11 is 0. The van der Waals surface area contributed by atoms with Crippen molar-refractivity contribution in [2.75, 3.05) is 24.5 Å². The zero-order chi connectivity index (χ0) is 12.1. The maximum absolute atomic E-state index is 11.5. The number of Topliss-reactive ketones (excluding diaryl/α,β-unsaturated/α-hetero) is 1. The SMILES string of the molecule is CCN(CC)c1cc(C(=O)CN)cc(C)n1. The van der Waals surface area contributed by atoms with Crippen LogP contribution in [0.4, 0.5) is 5.82 Å². The highest BCUT2D eigenvalue weighted by Crippen LogP contribution is 2.15. The van der Waals surface area contributed by atoms with Crippen molar-refractivity contribution >= 4 is 11.6 Å². The van der Waals surface area contributed by atoms with E-state index in [-0.39, 0.29) is 12.3 Å². The molecule has 0 fully saturated rings. The molecule has 2 N–H and O–H groups in total. The monoisotopic (exact) mass is 221 g/mol. The van der Waals surface area contributed by atoms with E-state index in [1.165, 1.54) is 0 Å². The van der Waals surface area contributed by atoms with Gasteiger partial charge in [0.1, 0.15) is 5.82 Å². The summed E-state index contributed by atoms with van der Waals surface area (Å²) in [6.07, 6.45) is 0. The number of anilines is 1. The number of carbonyl (C=O) groups excluding carboxylic acids is 1. The summed E-state index contributed by atoms with van der Waals surface area (Å²) in [6.45, 7) is 7.82. The fraction of sp³-hybridized carbons (Fsp3) is 0.500. The number of aromatic nitrogens is 1. The highest BCUT2D eigenvalue weighted by atomic mass is 16.1. The van der Waals surface area contributed by atoms with E-state index < -0.39 is 0 Å². The maximum atomic E-state index is 11.5. The third kappa shape index (κ3) is 2.79. The van der Waals surface area contributed by atoms with Gasteiger partial charge in [0.05, 0.1) is 6.54 Å². The normalized spacial score (nSPS) is 10.2. The van der Waals surface area contributed by atoms with Crippen LogP contribution in [0.1, 0.15) is 29.9 Å². The van der Waals surface area contributed by atoms with Crippen molar-refractivity contribution in [3.63, 3.8) is 0 Å². The van der Waals surface area contributed by atoms with E-state index in [1.54, 1.807) is 6.07 Å². The number of hydrogen-bond donors (Lipinski definition) is 1. The van der Waals surface area contributed by atoms with Gasteiger partial charge in [0.25, 0.3) is 0 Å². The summed E-state index contributed by atoms with van der Waals surface area (Å²) in [4.78, 5) is 18.1. The predicted molar refractivity (Wildman–Crippen MR) is 65.9 cm³/mol. The van der Waals surface area contributed by atoms with Gasteiger partial charge in [-0.05, 0) is 32.9 Å². The molecule has 1 aromatic rings. The van der Waals surface area contributed by atoms with E-state index >= 15 is 0 Å². The van der Waals surface area contributed by atoms with Crippen LogP contribution in [0.15, 0.2) is 12.1 Å². The molecule has 88 valence electrons. The first-order valence-corrected chi connectivity index (χ1v) is 5.59. The van der Waals surface area contributed by atoms with E-state index in [9.17, 15) is 4.79 Å². The fourth-order valence-corrected chi connectivity index (χ4v) is 1.64. The molecule has 0 aliphatic rings. The Hall–Kier alpha value is -1.42. The summed E-state index contributed by atoms with van der Waals surface area (Å²) in [5, 5.41) is 0. The first-order valence-electron chi connectivity index (χ1n) is 5.59. The van der Waals surface area contributed by atoms with Crippen LogP contribution in [0.25, 0.3) is 0 Å². The van der Waals surface area contributed by atoms with Gasteiger partial charge in [0, 0.05) is 24.3 Å². The minimum atomic E-state index is -0.0427. The Kier molecular flexibility index (Phi) is 4.43. The average Bonchev–Trinajstić information content (AvgIpc) is 2.29. The molecule has 1 rings (SSSR count). The van der Waals surface area contributed by atoms with Crippen molar-refractivity contribution in [1.29, 1.82) is 0 Å². The largest absolute Gasteiger partial charge is 0.357 e. The minimum absolute atomic E-state index is 0.0427. The van der Waals surface area contributed by atoms with Crippen LogP contribution in [-0.2, 0) is 0 Å². The predicted octanol–water partition coefficient (Wildman–Crippen LogP) is 1.38. The number of carbonyl (C=O) groups is 1. The highest BCUT2D eigenvalue weighted by Gasteiger charge is 2.10. The Morgan fingerprint density at radius 3 is 2.50 bits per heavy atom. The highest BCUT2D eigenvalue weighted by molar-refractivity contribution is 5.98. The number of ketones is 1. The summed E-state index contributed by atoms with van der Waals surface area (Å²) in [6, 6.07) is 3.59. The lowest BCUT2D eigenvalue weighted by Gasteiger charge is -2.20. The molecule has 0 radical (unpaired) electrons. The number of nitrogens with zero attached hydrogens (tertiary/aromatic N) is 2. The zero-order valence-corrected chi connectivity index (χ0v) is 10.2. The standard InChI is InChI=1S/C12H19N3O/c1-4-15(5-2)12-7-10(11(16)8-13)6-9(3)14-12/h6-7H,4-5,8,13H2,1-3H3. The lowest BCUT2D eigenvalue weighted by Crippen LogP contribution is -2.24. The first kappa shape index (κ1) is 12.6. The van der Waals surface area contributed by atoms with Crippen LogP contribution in [0, 0.1) is 6.92 Å². The fourth-order valence-electron chi connectivity index (χ4n) is 1.64. The summed E-state index contributed by atoms with van der Waals surface area (Å²) in [7, 11) is 0. The van der Waals surface area contributed by atoms with Gasteiger partial charge in [-0.3, -0.25) is 4.79 Å². The van der Waals surface area contributed by atoms with Gasteiger partial charge in [0.15, 0.2) is 5.78 Å². The molecule has 0 aliphatic heterocycles. The van der Waals surface area contributed by atoms with Crippen LogP contribution in [0.3, 0.4) is 0 Å². The molecule has 4 nitrogen and oxygen atoms in total. The Bertz CT molecular complexity index is 373. The maximum Gasteiger partial charge on any atom is 0.176 e.